The van der Waals surface area contributed by atoms with E-state index in [0.29, 0.717) is 0 Å². The maximum atomic E-state index is 12.0. The van der Waals surface area contributed by atoms with Crippen molar-refractivity contribution in [3.8, 4) is 0 Å². The Bertz CT molecular complexity index is 707. The van der Waals surface area contributed by atoms with Gasteiger partial charge in [0.05, 0.1) is 16.4 Å². The topological polar surface area (TPSA) is 107 Å². The lowest BCUT2D eigenvalue weighted by Crippen LogP contribution is -2.39. The van der Waals surface area contributed by atoms with Crippen molar-refractivity contribution in [1.29, 1.82) is 0 Å². The molecule has 0 heterocycles. The molecule has 1 aromatic carbocycles. The van der Waals surface area contributed by atoms with Crippen molar-refractivity contribution in [2.45, 2.75) is 29.7 Å². The summed E-state index contributed by atoms with van der Waals surface area (Å²) in [7, 11) is -7.33. The lowest BCUT2D eigenvalue weighted by Gasteiger charge is -2.13. The van der Waals surface area contributed by atoms with Gasteiger partial charge in [-0.2, -0.15) is 4.72 Å². The van der Waals surface area contributed by atoms with Crippen molar-refractivity contribution in [2.24, 2.45) is 0 Å². The minimum Gasteiger partial charge on any atom is -0.465 e. The number of benzene rings is 1. The van der Waals surface area contributed by atoms with E-state index >= 15 is 0 Å². The first kappa shape index (κ1) is 17.6. The summed E-state index contributed by atoms with van der Waals surface area (Å²) < 4.78 is 53.6. The van der Waals surface area contributed by atoms with Gasteiger partial charge in [-0.15, -0.1) is 0 Å². The second-order valence-corrected chi connectivity index (χ2v) is 8.07. The minimum atomic E-state index is -3.93. The molecule has 0 aliphatic carbocycles. The molecule has 0 radical (unpaired) electrons. The fourth-order valence-electron chi connectivity index (χ4n) is 1.48. The number of hydrogen-bond acceptors (Lipinski definition) is 6. The van der Waals surface area contributed by atoms with Crippen molar-refractivity contribution in [3.05, 3.63) is 24.3 Å². The fraction of sp³-hybridized carbons (Fsp3) is 0.417. The molecule has 1 rings (SSSR count). The standard InChI is InChI=1S/C12H17NO6S2/c1-4-19-12(14)9(2)13-21(17,18)11-7-5-10(6-8-11)20(3,15)16/h5-9,13H,4H2,1-3H3. The molecule has 0 aliphatic heterocycles. The highest BCUT2D eigenvalue weighted by Gasteiger charge is 2.23. The quantitative estimate of drug-likeness (QED) is 0.750. The van der Waals surface area contributed by atoms with Crippen molar-refractivity contribution in [2.75, 3.05) is 12.9 Å². The summed E-state index contributed by atoms with van der Waals surface area (Å²) in [4.78, 5) is 11.3. The predicted octanol–water partition coefficient (Wildman–Crippen LogP) is 0.320. The summed E-state index contributed by atoms with van der Waals surface area (Å²) in [6.45, 7) is 3.12. The molecule has 21 heavy (non-hydrogen) atoms. The van der Waals surface area contributed by atoms with E-state index in [-0.39, 0.29) is 16.4 Å². The van der Waals surface area contributed by atoms with E-state index in [4.69, 9.17) is 4.74 Å². The van der Waals surface area contributed by atoms with E-state index in [9.17, 15) is 21.6 Å². The summed E-state index contributed by atoms with van der Waals surface area (Å²) in [6.07, 6.45) is 1.03. The molecule has 0 saturated carbocycles. The second kappa shape index (κ2) is 6.54. The SMILES string of the molecule is CCOC(=O)C(C)NS(=O)(=O)c1ccc(S(C)(=O)=O)cc1. The lowest BCUT2D eigenvalue weighted by molar-refractivity contribution is -0.144. The van der Waals surface area contributed by atoms with Crippen LogP contribution in [0.3, 0.4) is 0 Å². The third-order valence-corrected chi connectivity index (χ3v) is 5.22. The average molecular weight is 335 g/mol. The van der Waals surface area contributed by atoms with Gasteiger partial charge in [0.2, 0.25) is 10.0 Å². The Morgan fingerprint density at radius 1 is 1.14 bits per heavy atom. The van der Waals surface area contributed by atoms with E-state index in [1.165, 1.54) is 19.1 Å². The summed E-state index contributed by atoms with van der Waals surface area (Å²) in [6, 6.07) is 3.68. The largest absolute Gasteiger partial charge is 0.465 e. The van der Waals surface area contributed by atoms with Crippen molar-refractivity contribution in [3.63, 3.8) is 0 Å². The van der Waals surface area contributed by atoms with Gasteiger partial charge in [0.1, 0.15) is 6.04 Å². The molecule has 0 fully saturated rings. The normalized spacial score (nSPS) is 13.7. The number of carbonyl (C=O) groups is 1. The zero-order valence-corrected chi connectivity index (χ0v) is 13.5. The molecular formula is C12H17NO6S2. The van der Waals surface area contributed by atoms with Crippen LogP contribution in [0.25, 0.3) is 0 Å². The number of sulfone groups is 1. The Balaban J connectivity index is 2.96. The van der Waals surface area contributed by atoms with Gasteiger partial charge >= 0.3 is 5.97 Å². The van der Waals surface area contributed by atoms with Crippen LogP contribution in [0.15, 0.2) is 34.1 Å². The number of carbonyl (C=O) groups excluding carboxylic acids is 1. The fourth-order valence-corrected chi connectivity index (χ4v) is 3.30. The van der Waals surface area contributed by atoms with Crippen molar-refractivity contribution < 1.29 is 26.4 Å². The van der Waals surface area contributed by atoms with E-state index in [0.717, 1.165) is 18.4 Å². The molecule has 1 aromatic rings. The zero-order valence-electron chi connectivity index (χ0n) is 11.9. The monoisotopic (exact) mass is 335 g/mol. The van der Waals surface area contributed by atoms with Crippen LogP contribution in [-0.4, -0.2) is 41.7 Å². The molecule has 0 bridgehead atoms. The Hall–Kier alpha value is -1.45. The van der Waals surface area contributed by atoms with Crippen LogP contribution >= 0.6 is 0 Å². The van der Waals surface area contributed by atoms with Gasteiger partial charge in [0, 0.05) is 6.26 Å². The smallest absolute Gasteiger partial charge is 0.323 e. The van der Waals surface area contributed by atoms with Gasteiger partial charge in [0.25, 0.3) is 0 Å². The number of rotatable bonds is 6. The van der Waals surface area contributed by atoms with E-state index in [1.54, 1.807) is 6.92 Å². The number of sulfonamides is 1. The Kier molecular flexibility index (Phi) is 5.48. The molecule has 0 amide bonds. The lowest BCUT2D eigenvalue weighted by atomic mass is 10.4. The Morgan fingerprint density at radius 3 is 2.05 bits per heavy atom. The Labute approximate surface area is 124 Å². The maximum Gasteiger partial charge on any atom is 0.323 e. The average Bonchev–Trinajstić information content (AvgIpc) is 2.37. The van der Waals surface area contributed by atoms with Crippen LogP contribution in [0.1, 0.15) is 13.8 Å². The first-order chi connectivity index (χ1) is 9.58. The molecule has 9 heteroatoms. The molecule has 0 saturated heterocycles. The third kappa shape index (κ3) is 4.80. The number of nitrogens with one attached hydrogen (secondary N) is 1. The molecule has 0 aromatic heterocycles. The van der Waals surface area contributed by atoms with Gasteiger partial charge in [0.15, 0.2) is 9.84 Å². The summed E-state index contributed by atoms with van der Waals surface area (Å²) in [5, 5.41) is 0. The van der Waals surface area contributed by atoms with Crippen LogP contribution in [0.4, 0.5) is 0 Å². The minimum absolute atomic E-state index is 0.0138. The molecule has 0 spiro atoms. The molecule has 0 aliphatic rings. The molecule has 1 atom stereocenters. The highest BCUT2D eigenvalue weighted by molar-refractivity contribution is 7.90. The molecule has 7 nitrogen and oxygen atoms in total. The van der Waals surface area contributed by atoms with E-state index in [2.05, 4.69) is 4.72 Å². The van der Waals surface area contributed by atoms with Crippen LogP contribution in [0.2, 0.25) is 0 Å². The first-order valence-electron chi connectivity index (χ1n) is 6.07. The Morgan fingerprint density at radius 2 is 1.62 bits per heavy atom. The number of hydrogen-bond donors (Lipinski definition) is 1. The molecular weight excluding hydrogens is 318 g/mol. The molecule has 118 valence electrons. The van der Waals surface area contributed by atoms with Crippen molar-refractivity contribution >= 4 is 25.8 Å². The van der Waals surface area contributed by atoms with Gasteiger partial charge in [-0.05, 0) is 38.1 Å². The van der Waals surface area contributed by atoms with Crippen molar-refractivity contribution in [1.82, 2.24) is 4.72 Å². The van der Waals surface area contributed by atoms with Gasteiger partial charge in [-0.3, -0.25) is 4.79 Å². The van der Waals surface area contributed by atoms with Gasteiger partial charge in [-0.25, -0.2) is 16.8 Å². The van der Waals surface area contributed by atoms with E-state index < -0.39 is 31.9 Å². The molecule has 1 N–H and O–H groups in total. The van der Waals surface area contributed by atoms with Crippen LogP contribution < -0.4 is 4.72 Å². The number of esters is 1. The summed E-state index contributed by atoms with van der Waals surface area (Å²) >= 11 is 0. The van der Waals surface area contributed by atoms with Crippen LogP contribution in [0.5, 0.6) is 0 Å². The number of ether oxygens (including phenoxy) is 1. The highest BCUT2D eigenvalue weighted by Crippen LogP contribution is 2.14. The summed E-state index contributed by atoms with van der Waals surface area (Å²) in [5.41, 5.74) is 0. The van der Waals surface area contributed by atoms with E-state index in [1.807, 2.05) is 0 Å². The predicted molar refractivity (Wildman–Crippen MR) is 76.0 cm³/mol. The highest BCUT2D eigenvalue weighted by atomic mass is 32.2. The van der Waals surface area contributed by atoms with Crippen LogP contribution in [0, 0.1) is 0 Å². The molecule has 1 unspecified atom stereocenters. The van der Waals surface area contributed by atoms with Gasteiger partial charge < -0.3 is 4.74 Å². The third-order valence-electron chi connectivity index (χ3n) is 2.53. The van der Waals surface area contributed by atoms with Crippen LogP contribution in [-0.2, 0) is 29.4 Å². The zero-order chi connectivity index (χ0) is 16.3. The van der Waals surface area contributed by atoms with Gasteiger partial charge in [-0.1, -0.05) is 0 Å². The second-order valence-electron chi connectivity index (χ2n) is 4.34. The summed E-state index contributed by atoms with van der Waals surface area (Å²) in [5.74, 6) is -0.686. The first-order valence-corrected chi connectivity index (χ1v) is 9.44. The maximum absolute atomic E-state index is 12.0.